The molecule has 1 atom stereocenters. The van der Waals surface area contributed by atoms with Gasteiger partial charge in [0.15, 0.2) is 0 Å². The fourth-order valence-electron chi connectivity index (χ4n) is 3.23. The van der Waals surface area contributed by atoms with Crippen LogP contribution in [-0.4, -0.2) is 35.0 Å². The summed E-state index contributed by atoms with van der Waals surface area (Å²) in [6.07, 6.45) is 7.13. The summed E-state index contributed by atoms with van der Waals surface area (Å²) in [4.78, 5) is 26.6. The van der Waals surface area contributed by atoms with Gasteiger partial charge in [0, 0.05) is 12.5 Å². The van der Waals surface area contributed by atoms with Crippen LogP contribution in [0.2, 0.25) is 0 Å². The first-order valence-electron chi connectivity index (χ1n) is 7.92. The molecule has 1 aliphatic heterocycles. The van der Waals surface area contributed by atoms with Crippen LogP contribution in [0, 0.1) is 5.92 Å². The molecule has 0 unspecified atom stereocenters. The quantitative estimate of drug-likeness (QED) is 0.731. The predicted octanol–water partition coefficient (Wildman–Crippen LogP) is 2.90. The van der Waals surface area contributed by atoms with Crippen molar-refractivity contribution >= 4 is 11.9 Å². The van der Waals surface area contributed by atoms with Gasteiger partial charge in [-0.3, -0.25) is 4.79 Å². The Kier molecular flexibility index (Phi) is 4.71. The molecule has 0 aromatic heterocycles. The lowest BCUT2D eigenvalue weighted by atomic mass is 9.88. The van der Waals surface area contributed by atoms with Crippen molar-refractivity contribution in [3.63, 3.8) is 0 Å². The Hall–Kier alpha value is -1.06. The number of amides is 1. The zero-order chi connectivity index (χ0) is 14.8. The predicted molar refractivity (Wildman–Crippen MR) is 77.2 cm³/mol. The molecule has 20 heavy (non-hydrogen) atoms. The van der Waals surface area contributed by atoms with Gasteiger partial charge in [0.2, 0.25) is 5.91 Å². The smallest absolute Gasteiger partial charge is 0.329 e. The maximum absolute atomic E-state index is 12.6. The third-order valence-electron chi connectivity index (χ3n) is 4.17. The van der Waals surface area contributed by atoms with Crippen LogP contribution in [0.15, 0.2) is 0 Å². The first kappa shape index (κ1) is 15.3. The second-order valence-corrected chi connectivity index (χ2v) is 7.06. The fraction of sp³-hybridized carbons (Fsp3) is 0.875. The summed E-state index contributed by atoms with van der Waals surface area (Å²) >= 11 is 0. The molecular formula is C16H27NO3. The Morgan fingerprint density at radius 1 is 1.00 bits per heavy atom. The average Bonchev–Trinajstić information content (AvgIpc) is 2.86. The maximum Gasteiger partial charge on any atom is 0.329 e. The summed E-state index contributed by atoms with van der Waals surface area (Å²) in [5, 5.41) is 0. The minimum atomic E-state index is -0.487. The van der Waals surface area contributed by atoms with Gasteiger partial charge in [-0.05, 0) is 46.5 Å². The van der Waals surface area contributed by atoms with Crippen LogP contribution in [0.25, 0.3) is 0 Å². The van der Waals surface area contributed by atoms with Gasteiger partial charge in [0.05, 0.1) is 0 Å². The molecule has 0 aromatic carbocycles. The van der Waals surface area contributed by atoms with E-state index in [-0.39, 0.29) is 23.8 Å². The number of nitrogens with zero attached hydrogens (tertiary/aromatic N) is 1. The van der Waals surface area contributed by atoms with Crippen molar-refractivity contribution in [3.8, 4) is 0 Å². The Labute approximate surface area is 121 Å². The van der Waals surface area contributed by atoms with Gasteiger partial charge in [0.25, 0.3) is 0 Å². The first-order chi connectivity index (χ1) is 9.38. The summed E-state index contributed by atoms with van der Waals surface area (Å²) in [6, 6.07) is -0.358. The summed E-state index contributed by atoms with van der Waals surface area (Å²) in [6.45, 7) is 6.31. The maximum atomic E-state index is 12.6. The number of carbonyl (C=O) groups is 2. The summed E-state index contributed by atoms with van der Waals surface area (Å²) < 4.78 is 5.46. The number of hydrogen-bond acceptors (Lipinski definition) is 3. The number of ether oxygens (including phenoxy) is 1. The van der Waals surface area contributed by atoms with Crippen molar-refractivity contribution in [2.45, 2.75) is 77.4 Å². The Bertz CT molecular complexity index is 366. The second-order valence-electron chi connectivity index (χ2n) is 7.06. The Morgan fingerprint density at radius 3 is 2.25 bits per heavy atom. The molecule has 0 spiro atoms. The second kappa shape index (κ2) is 6.15. The van der Waals surface area contributed by atoms with Crippen LogP contribution < -0.4 is 0 Å². The number of hydrogen-bond donors (Lipinski definition) is 0. The van der Waals surface area contributed by atoms with Crippen molar-refractivity contribution < 1.29 is 14.3 Å². The largest absolute Gasteiger partial charge is 0.458 e. The number of carbonyl (C=O) groups excluding carboxylic acids is 2. The molecule has 0 N–H and O–H groups in total. The lowest BCUT2D eigenvalue weighted by molar-refractivity contribution is -0.164. The van der Waals surface area contributed by atoms with E-state index in [1.807, 2.05) is 20.8 Å². The molecule has 0 bridgehead atoms. The van der Waals surface area contributed by atoms with Gasteiger partial charge >= 0.3 is 5.97 Å². The van der Waals surface area contributed by atoms with Crippen LogP contribution in [0.4, 0.5) is 0 Å². The van der Waals surface area contributed by atoms with E-state index in [4.69, 9.17) is 4.74 Å². The zero-order valence-corrected chi connectivity index (χ0v) is 13.0. The number of rotatable bonds is 2. The van der Waals surface area contributed by atoms with Crippen molar-refractivity contribution in [3.05, 3.63) is 0 Å². The van der Waals surface area contributed by atoms with E-state index in [0.29, 0.717) is 6.54 Å². The minimum Gasteiger partial charge on any atom is -0.458 e. The van der Waals surface area contributed by atoms with Crippen LogP contribution in [-0.2, 0) is 14.3 Å². The highest BCUT2D eigenvalue weighted by atomic mass is 16.6. The van der Waals surface area contributed by atoms with Gasteiger partial charge in [-0.15, -0.1) is 0 Å². The monoisotopic (exact) mass is 281 g/mol. The molecule has 114 valence electrons. The van der Waals surface area contributed by atoms with Gasteiger partial charge in [-0.25, -0.2) is 4.79 Å². The standard InChI is InChI=1S/C16H27NO3/c1-16(2,3)20-15(19)13-10-7-11-17(13)14(18)12-8-5-4-6-9-12/h12-13H,4-11H2,1-3H3/t13-/m0/s1. The molecule has 2 aliphatic rings. The lowest BCUT2D eigenvalue weighted by Crippen LogP contribution is -2.46. The molecule has 4 heteroatoms. The molecule has 1 saturated carbocycles. The first-order valence-corrected chi connectivity index (χ1v) is 7.92. The van der Waals surface area contributed by atoms with Gasteiger partial charge < -0.3 is 9.64 Å². The van der Waals surface area contributed by atoms with Crippen LogP contribution in [0.1, 0.15) is 65.7 Å². The summed E-state index contributed by atoms with van der Waals surface area (Å²) in [5.74, 6) is 0.0732. The van der Waals surface area contributed by atoms with Gasteiger partial charge in [-0.2, -0.15) is 0 Å². The van der Waals surface area contributed by atoms with E-state index in [9.17, 15) is 9.59 Å². The zero-order valence-electron chi connectivity index (χ0n) is 13.0. The molecule has 2 fully saturated rings. The van der Waals surface area contributed by atoms with E-state index >= 15 is 0 Å². The van der Waals surface area contributed by atoms with Crippen LogP contribution >= 0.6 is 0 Å². The van der Waals surface area contributed by atoms with Crippen molar-refractivity contribution in [1.29, 1.82) is 0 Å². The lowest BCUT2D eigenvalue weighted by Gasteiger charge is -2.31. The third kappa shape index (κ3) is 3.74. The van der Waals surface area contributed by atoms with E-state index in [0.717, 1.165) is 38.5 Å². The van der Waals surface area contributed by atoms with Crippen molar-refractivity contribution in [1.82, 2.24) is 4.90 Å². The van der Waals surface area contributed by atoms with Crippen molar-refractivity contribution in [2.24, 2.45) is 5.92 Å². The molecule has 1 saturated heterocycles. The van der Waals surface area contributed by atoms with E-state index in [1.54, 1.807) is 4.90 Å². The SMILES string of the molecule is CC(C)(C)OC(=O)[C@@H]1CCCN1C(=O)C1CCCCC1. The van der Waals surface area contributed by atoms with Crippen molar-refractivity contribution in [2.75, 3.05) is 6.54 Å². The van der Waals surface area contributed by atoms with Gasteiger partial charge in [0.1, 0.15) is 11.6 Å². The molecule has 1 aliphatic carbocycles. The normalized spacial score (nSPS) is 24.8. The van der Waals surface area contributed by atoms with E-state index in [2.05, 4.69) is 0 Å². The third-order valence-corrected chi connectivity index (χ3v) is 4.17. The highest BCUT2D eigenvalue weighted by Gasteiger charge is 2.39. The molecule has 0 aromatic rings. The Morgan fingerprint density at radius 2 is 1.65 bits per heavy atom. The highest BCUT2D eigenvalue weighted by molar-refractivity contribution is 5.86. The van der Waals surface area contributed by atoms with Gasteiger partial charge in [-0.1, -0.05) is 19.3 Å². The topological polar surface area (TPSA) is 46.6 Å². The molecule has 0 radical (unpaired) electrons. The molecule has 1 heterocycles. The summed E-state index contributed by atoms with van der Waals surface area (Å²) in [7, 11) is 0. The summed E-state index contributed by atoms with van der Waals surface area (Å²) in [5.41, 5.74) is -0.487. The molecular weight excluding hydrogens is 254 g/mol. The van der Waals surface area contributed by atoms with E-state index < -0.39 is 5.60 Å². The fourth-order valence-corrected chi connectivity index (χ4v) is 3.23. The molecule has 4 nitrogen and oxygen atoms in total. The molecule has 1 amide bonds. The number of likely N-dealkylation sites (tertiary alicyclic amines) is 1. The minimum absolute atomic E-state index is 0.131. The highest BCUT2D eigenvalue weighted by Crippen LogP contribution is 2.29. The molecule has 2 rings (SSSR count). The van der Waals surface area contributed by atoms with Crippen LogP contribution in [0.3, 0.4) is 0 Å². The number of esters is 1. The Balaban J connectivity index is 1.99. The van der Waals surface area contributed by atoms with E-state index in [1.165, 1.54) is 6.42 Å². The van der Waals surface area contributed by atoms with Crippen LogP contribution in [0.5, 0.6) is 0 Å². The average molecular weight is 281 g/mol.